The Hall–Kier alpha value is -2.93. The highest BCUT2D eigenvalue weighted by Crippen LogP contribution is 2.38. The summed E-state index contributed by atoms with van der Waals surface area (Å²) in [7, 11) is 0. The molecular weight excluding hydrogens is 388 g/mol. The average Bonchev–Trinajstić information content (AvgIpc) is 3.07. The zero-order chi connectivity index (χ0) is 20.8. The van der Waals surface area contributed by atoms with Crippen molar-refractivity contribution in [1.82, 2.24) is 0 Å². The quantitative estimate of drug-likeness (QED) is 0.552. The molecule has 2 aromatic rings. The van der Waals surface area contributed by atoms with Crippen molar-refractivity contribution in [3.63, 3.8) is 0 Å². The van der Waals surface area contributed by atoms with Crippen LogP contribution >= 0.6 is 11.3 Å². The van der Waals surface area contributed by atoms with Gasteiger partial charge in [0.15, 0.2) is 6.61 Å². The van der Waals surface area contributed by atoms with Gasteiger partial charge in [-0.15, -0.1) is 17.9 Å². The van der Waals surface area contributed by atoms with E-state index in [1.165, 1.54) is 23.2 Å². The number of amides is 2. The highest BCUT2D eigenvalue weighted by molar-refractivity contribution is 7.17. The molecule has 29 heavy (non-hydrogen) atoms. The van der Waals surface area contributed by atoms with E-state index in [9.17, 15) is 14.4 Å². The first kappa shape index (κ1) is 20.8. The zero-order valence-electron chi connectivity index (χ0n) is 16.4. The number of para-hydroxylation sites is 1. The van der Waals surface area contributed by atoms with E-state index in [-0.39, 0.29) is 18.4 Å². The summed E-state index contributed by atoms with van der Waals surface area (Å²) in [5.41, 5.74) is 2.04. The molecule has 0 saturated carbocycles. The van der Waals surface area contributed by atoms with E-state index < -0.39 is 5.97 Å². The molecule has 3 rings (SSSR count). The number of carbonyl (C=O) groups excluding carboxylic acids is 3. The van der Waals surface area contributed by atoms with Crippen molar-refractivity contribution in [1.29, 1.82) is 0 Å². The number of carbonyl (C=O) groups is 3. The van der Waals surface area contributed by atoms with Crippen molar-refractivity contribution >= 4 is 39.8 Å². The SMILES string of the molecule is C=CCN(C(=O)COC(=O)c1c(NC(C)=O)sc2c1CCCC2)c1ccccc1. The summed E-state index contributed by atoms with van der Waals surface area (Å²) >= 11 is 1.42. The molecule has 0 fully saturated rings. The fraction of sp³-hybridized carbons (Fsp3) is 0.318. The number of benzene rings is 1. The van der Waals surface area contributed by atoms with Gasteiger partial charge in [0.2, 0.25) is 5.91 Å². The average molecular weight is 413 g/mol. The van der Waals surface area contributed by atoms with Gasteiger partial charge >= 0.3 is 5.97 Å². The maximum absolute atomic E-state index is 12.8. The van der Waals surface area contributed by atoms with Gasteiger partial charge in [0.25, 0.3) is 5.91 Å². The molecule has 0 radical (unpaired) electrons. The molecule has 1 aromatic carbocycles. The van der Waals surface area contributed by atoms with Gasteiger partial charge in [-0.1, -0.05) is 24.3 Å². The number of fused-ring (bicyclic) bond motifs is 1. The lowest BCUT2D eigenvalue weighted by molar-refractivity contribution is -0.121. The Bertz CT molecular complexity index is 920. The van der Waals surface area contributed by atoms with E-state index in [4.69, 9.17) is 4.74 Å². The molecule has 2 amide bonds. The molecular formula is C22H24N2O4S. The van der Waals surface area contributed by atoms with Gasteiger partial charge in [-0.3, -0.25) is 9.59 Å². The molecule has 0 unspecified atom stereocenters. The normalized spacial score (nSPS) is 12.6. The van der Waals surface area contributed by atoms with Crippen LogP contribution < -0.4 is 10.2 Å². The maximum atomic E-state index is 12.8. The lowest BCUT2D eigenvalue weighted by atomic mass is 9.95. The zero-order valence-corrected chi connectivity index (χ0v) is 17.2. The number of nitrogens with one attached hydrogen (secondary N) is 1. The van der Waals surface area contributed by atoms with Gasteiger partial charge in [0.1, 0.15) is 5.00 Å². The number of hydrogen-bond donors (Lipinski definition) is 1. The minimum Gasteiger partial charge on any atom is -0.452 e. The number of thiophene rings is 1. The minimum absolute atomic E-state index is 0.241. The van der Waals surface area contributed by atoms with Crippen molar-refractivity contribution in [3.05, 3.63) is 59.0 Å². The number of hydrogen-bond acceptors (Lipinski definition) is 5. The molecule has 7 heteroatoms. The van der Waals surface area contributed by atoms with E-state index in [1.54, 1.807) is 6.08 Å². The number of nitrogens with zero attached hydrogens (tertiary/aromatic N) is 1. The number of esters is 1. The molecule has 6 nitrogen and oxygen atoms in total. The van der Waals surface area contributed by atoms with E-state index in [0.29, 0.717) is 22.8 Å². The van der Waals surface area contributed by atoms with Gasteiger partial charge < -0.3 is 15.0 Å². The number of anilines is 2. The Morgan fingerprint density at radius 2 is 1.93 bits per heavy atom. The second-order valence-electron chi connectivity index (χ2n) is 6.80. The summed E-state index contributed by atoms with van der Waals surface area (Å²) in [6.07, 6.45) is 5.34. The Morgan fingerprint density at radius 3 is 2.62 bits per heavy atom. The third kappa shape index (κ3) is 4.92. The highest BCUT2D eigenvalue weighted by Gasteiger charge is 2.28. The lowest BCUT2D eigenvalue weighted by Gasteiger charge is -2.21. The van der Waals surface area contributed by atoms with Crippen LogP contribution in [0.1, 0.15) is 40.6 Å². The first-order chi connectivity index (χ1) is 14.0. The van der Waals surface area contributed by atoms with E-state index in [0.717, 1.165) is 36.1 Å². The van der Waals surface area contributed by atoms with Crippen molar-refractivity contribution in [2.45, 2.75) is 32.6 Å². The number of rotatable bonds is 7. The van der Waals surface area contributed by atoms with E-state index in [2.05, 4.69) is 11.9 Å². The molecule has 1 aromatic heterocycles. The first-order valence-electron chi connectivity index (χ1n) is 9.56. The Balaban J connectivity index is 1.76. The summed E-state index contributed by atoms with van der Waals surface area (Å²) in [6, 6.07) is 9.16. The predicted octanol–water partition coefficient (Wildman–Crippen LogP) is 3.96. The summed E-state index contributed by atoms with van der Waals surface area (Å²) in [5.74, 6) is -1.15. The van der Waals surface area contributed by atoms with Gasteiger partial charge in [-0.2, -0.15) is 0 Å². The lowest BCUT2D eigenvalue weighted by Crippen LogP contribution is -2.35. The second-order valence-corrected chi connectivity index (χ2v) is 7.91. The highest BCUT2D eigenvalue weighted by atomic mass is 32.1. The second kappa shape index (κ2) is 9.52. The standard InChI is InChI=1S/C22H24N2O4S/c1-3-13-24(16-9-5-4-6-10-16)19(26)14-28-22(27)20-17-11-7-8-12-18(17)29-21(20)23-15(2)25/h3-6,9-10H,1,7-8,11-14H2,2H3,(H,23,25). The third-order valence-corrected chi connectivity index (χ3v) is 5.88. The van der Waals surface area contributed by atoms with Crippen LogP contribution in [0, 0.1) is 0 Å². The summed E-state index contributed by atoms with van der Waals surface area (Å²) in [6.45, 7) is 5.03. The number of ether oxygens (including phenoxy) is 1. The molecule has 0 saturated heterocycles. The first-order valence-corrected chi connectivity index (χ1v) is 10.4. The molecule has 1 aliphatic carbocycles. The van der Waals surface area contributed by atoms with Crippen LogP contribution in [0.15, 0.2) is 43.0 Å². The van der Waals surface area contributed by atoms with Crippen LogP contribution in [0.2, 0.25) is 0 Å². The molecule has 0 aliphatic heterocycles. The van der Waals surface area contributed by atoms with Crippen LogP contribution in [-0.2, 0) is 27.2 Å². The van der Waals surface area contributed by atoms with Crippen molar-refractivity contribution in [2.24, 2.45) is 0 Å². The molecule has 1 heterocycles. The van der Waals surface area contributed by atoms with Crippen LogP contribution in [0.5, 0.6) is 0 Å². The molecule has 1 N–H and O–H groups in total. The topological polar surface area (TPSA) is 75.7 Å². The largest absolute Gasteiger partial charge is 0.452 e. The van der Waals surface area contributed by atoms with Crippen LogP contribution in [0.25, 0.3) is 0 Å². The van der Waals surface area contributed by atoms with E-state index in [1.807, 2.05) is 30.3 Å². The predicted molar refractivity (Wildman–Crippen MR) is 115 cm³/mol. The van der Waals surface area contributed by atoms with Crippen LogP contribution in [-0.4, -0.2) is 30.9 Å². The molecule has 0 atom stereocenters. The summed E-state index contributed by atoms with van der Waals surface area (Å²) < 4.78 is 5.38. The van der Waals surface area contributed by atoms with Crippen LogP contribution in [0.3, 0.4) is 0 Å². The van der Waals surface area contributed by atoms with Crippen molar-refractivity contribution < 1.29 is 19.1 Å². The molecule has 1 aliphatic rings. The summed E-state index contributed by atoms with van der Waals surface area (Å²) in [4.78, 5) is 39.7. The van der Waals surface area contributed by atoms with Gasteiger partial charge in [0, 0.05) is 24.0 Å². The minimum atomic E-state index is -0.576. The molecule has 152 valence electrons. The van der Waals surface area contributed by atoms with Gasteiger partial charge in [0.05, 0.1) is 5.56 Å². The summed E-state index contributed by atoms with van der Waals surface area (Å²) in [5, 5.41) is 3.25. The van der Waals surface area contributed by atoms with Crippen molar-refractivity contribution in [2.75, 3.05) is 23.4 Å². The van der Waals surface area contributed by atoms with Gasteiger partial charge in [-0.05, 0) is 43.4 Å². The molecule has 0 bridgehead atoms. The Labute approximate surface area is 174 Å². The molecule has 0 spiro atoms. The monoisotopic (exact) mass is 412 g/mol. The Kier molecular flexibility index (Phi) is 6.82. The van der Waals surface area contributed by atoms with Crippen LogP contribution in [0.4, 0.5) is 10.7 Å². The Morgan fingerprint density at radius 1 is 1.21 bits per heavy atom. The maximum Gasteiger partial charge on any atom is 0.341 e. The van der Waals surface area contributed by atoms with Gasteiger partial charge in [-0.25, -0.2) is 4.79 Å². The van der Waals surface area contributed by atoms with E-state index >= 15 is 0 Å². The smallest absolute Gasteiger partial charge is 0.341 e. The fourth-order valence-corrected chi connectivity index (χ4v) is 4.72. The number of aryl methyl sites for hydroxylation is 1. The third-order valence-electron chi connectivity index (χ3n) is 4.67. The fourth-order valence-electron chi connectivity index (χ4n) is 3.40. The van der Waals surface area contributed by atoms with Crippen molar-refractivity contribution in [3.8, 4) is 0 Å².